The number of rotatable bonds is 5. The van der Waals surface area contributed by atoms with Crippen LogP contribution in [-0.4, -0.2) is 54.3 Å². The summed E-state index contributed by atoms with van der Waals surface area (Å²) in [6.07, 6.45) is 0. The number of thiophene rings is 1. The molecule has 0 unspecified atom stereocenters. The second-order valence-corrected chi connectivity index (χ2v) is 9.12. The van der Waals surface area contributed by atoms with E-state index in [0.29, 0.717) is 37.6 Å². The van der Waals surface area contributed by atoms with Gasteiger partial charge in [-0.1, -0.05) is 24.3 Å². The van der Waals surface area contributed by atoms with Gasteiger partial charge in [-0.25, -0.2) is 4.39 Å². The number of benzene rings is 2. The summed E-state index contributed by atoms with van der Waals surface area (Å²) in [5, 5.41) is 3.00. The van der Waals surface area contributed by atoms with Crippen molar-refractivity contribution in [1.29, 1.82) is 0 Å². The van der Waals surface area contributed by atoms with E-state index in [1.807, 2.05) is 49.1 Å². The molecule has 2 amide bonds. The minimum absolute atomic E-state index is 0.00264. The van der Waals surface area contributed by atoms with Gasteiger partial charge in [-0.3, -0.25) is 14.5 Å². The SMILES string of the molecule is Cc1cccc(NC(=O)CN2CCN(C(=O)c3ccc(-c4ccc(F)cc4)s3)CC2)c1C. The van der Waals surface area contributed by atoms with Crippen molar-refractivity contribution in [3.8, 4) is 10.4 Å². The first-order chi connectivity index (χ1) is 15.4. The molecule has 1 saturated heterocycles. The fourth-order valence-corrected chi connectivity index (χ4v) is 4.75. The Kier molecular flexibility index (Phi) is 6.67. The number of halogens is 1. The fraction of sp³-hybridized carbons (Fsp3) is 0.280. The maximum atomic E-state index is 13.1. The van der Waals surface area contributed by atoms with Crippen LogP contribution in [0.25, 0.3) is 10.4 Å². The van der Waals surface area contributed by atoms with Crippen molar-refractivity contribution in [3.63, 3.8) is 0 Å². The fourth-order valence-electron chi connectivity index (χ4n) is 3.77. The number of amides is 2. The van der Waals surface area contributed by atoms with E-state index in [2.05, 4.69) is 10.2 Å². The van der Waals surface area contributed by atoms with Crippen molar-refractivity contribution < 1.29 is 14.0 Å². The molecular weight excluding hydrogens is 425 g/mol. The molecule has 0 radical (unpaired) electrons. The van der Waals surface area contributed by atoms with Crippen LogP contribution in [0.1, 0.15) is 20.8 Å². The molecule has 1 fully saturated rings. The van der Waals surface area contributed by atoms with Gasteiger partial charge in [0.15, 0.2) is 0 Å². The van der Waals surface area contributed by atoms with Gasteiger partial charge in [0.25, 0.3) is 5.91 Å². The number of hydrogen-bond donors (Lipinski definition) is 1. The predicted octanol–water partition coefficient (Wildman–Crippen LogP) is 4.57. The Bertz CT molecular complexity index is 1120. The lowest BCUT2D eigenvalue weighted by Gasteiger charge is -2.34. The van der Waals surface area contributed by atoms with Crippen LogP contribution in [0.15, 0.2) is 54.6 Å². The van der Waals surface area contributed by atoms with Crippen molar-refractivity contribution in [2.45, 2.75) is 13.8 Å². The average molecular weight is 452 g/mol. The predicted molar refractivity (Wildman–Crippen MR) is 127 cm³/mol. The van der Waals surface area contributed by atoms with Crippen molar-refractivity contribution in [2.24, 2.45) is 0 Å². The van der Waals surface area contributed by atoms with Gasteiger partial charge >= 0.3 is 0 Å². The highest BCUT2D eigenvalue weighted by atomic mass is 32.1. The largest absolute Gasteiger partial charge is 0.335 e. The average Bonchev–Trinajstić information content (AvgIpc) is 3.28. The lowest BCUT2D eigenvalue weighted by Crippen LogP contribution is -2.50. The molecule has 0 spiro atoms. The van der Waals surface area contributed by atoms with Crippen molar-refractivity contribution >= 4 is 28.8 Å². The van der Waals surface area contributed by atoms with E-state index in [1.54, 1.807) is 12.1 Å². The summed E-state index contributed by atoms with van der Waals surface area (Å²) >= 11 is 1.42. The number of carbonyl (C=O) groups is 2. The zero-order chi connectivity index (χ0) is 22.7. The Morgan fingerprint density at radius 1 is 0.969 bits per heavy atom. The Labute approximate surface area is 191 Å². The Morgan fingerprint density at radius 3 is 2.41 bits per heavy atom. The number of carbonyl (C=O) groups excluding carboxylic acids is 2. The van der Waals surface area contributed by atoms with Crippen LogP contribution < -0.4 is 5.32 Å². The van der Waals surface area contributed by atoms with E-state index < -0.39 is 0 Å². The van der Waals surface area contributed by atoms with E-state index in [0.717, 1.165) is 27.3 Å². The third-order valence-electron chi connectivity index (χ3n) is 5.85. The van der Waals surface area contributed by atoms with Crippen LogP contribution in [0, 0.1) is 19.7 Å². The van der Waals surface area contributed by atoms with E-state index in [4.69, 9.17) is 0 Å². The summed E-state index contributed by atoms with van der Waals surface area (Å²) in [5.74, 6) is -0.314. The van der Waals surface area contributed by atoms with Gasteiger partial charge in [-0.15, -0.1) is 11.3 Å². The van der Waals surface area contributed by atoms with Crippen LogP contribution in [-0.2, 0) is 4.79 Å². The maximum absolute atomic E-state index is 13.1. The highest BCUT2D eigenvalue weighted by molar-refractivity contribution is 7.17. The first-order valence-corrected chi connectivity index (χ1v) is 11.5. The third-order valence-corrected chi connectivity index (χ3v) is 6.97. The zero-order valence-electron chi connectivity index (χ0n) is 18.2. The van der Waals surface area contributed by atoms with Crippen molar-refractivity contribution in [3.05, 3.63) is 76.4 Å². The smallest absolute Gasteiger partial charge is 0.264 e. The van der Waals surface area contributed by atoms with Crippen LogP contribution in [0.3, 0.4) is 0 Å². The summed E-state index contributed by atoms with van der Waals surface area (Å²) in [6, 6.07) is 15.9. The highest BCUT2D eigenvalue weighted by Gasteiger charge is 2.24. The Morgan fingerprint density at radius 2 is 1.69 bits per heavy atom. The van der Waals surface area contributed by atoms with Gasteiger partial charge in [-0.2, -0.15) is 0 Å². The van der Waals surface area contributed by atoms with Crippen molar-refractivity contribution in [2.75, 3.05) is 38.0 Å². The molecule has 2 heterocycles. The molecule has 2 aromatic carbocycles. The maximum Gasteiger partial charge on any atom is 0.264 e. The normalized spacial score (nSPS) is 14.4. The summed E-state index contributed by atoms with van der Waals surface area (Å²) in [6.45, 7) is 6.81. The molecule has 1 aliphatic rings. The lowest BCUT2D eigenvalue weighted by atomic mass is 10.1. The molecule has 0 bridgehead atoms. The quantitative estimate of drug-likeness (QED) is 0.618. The van der Waals surface area contributed by atoms with E-state index in [1.165, 1.54) is 23.5 Å². The lowest BCUT2D eigenvalue weighted by molar-refractivity contribution is -0.117. The number of anilines is 1. The number of piperazine rings is 1. The number of nitrogens with one attached hydrogen (secondary N) is 1. The molecule has 7 heteroatoms. The number of aryl methyl sites for hydroxylation is 1. The van der Waals surface area contributed by atoms with Crippen LogP contribution in [0.2, 0.25) is 0 Å². The second kappa shape index (κ2) is 9.63. The molecule has 3 aromatic rings. The van der Waals surface area contributed by atoms with Gasteiger partial charge in [0, 0.05) is 36.7 Å². The summed E-state index contributed by atoms with van der Waals surface area (Å²) < 4.78 is 13.1. The molecule has 32 heavy (non-hydrogen) atoms. The van der Waals surface area contributed by atoms with E-state index >= 15 is 0 Å². The second-order valence-electron chi connectivity index (χ2n) is 8.03. The van der Waals surface area contributed by atoms with Gasteiger partial charge in [0.2, 0.25) is 5.91 Å². The van der Waals surface area contributed by atoms with Crippen LogP contribution in [0.4, 0.5) is 10.1 Å². The minimum atomic E-state index is -0.276. The van der Waals surface area contributed by atoms with Gasteiger partial charge in [0.05, 0.1) is 11.4 Å². The molecule has 0 atom stereocenters. The van der Waals surface area contributed by atoms with E-state index in [9.17, 15) is 14.0 Å². The first-order valence-electron chi connectivity index (χ1n) is 10.6. The van der Waals surface area contributed by atoms with E-state index in [-0.39, 0.29) is 17.6 Å². The van der Waals surface area contributed by atoms with Crippen LogP contribution in [0.5, 0.6) is 0 Å². The summed E-state index contributed by atoms with van der Waals surface area (Å²) in [4.78, 5) is 30.9. The zero-order valence-corrected chi connectivity index (χ0v) is 19.0. The Hall–Kier alpha value is -3.03. The number of nitrogens with zero attached hydrogens (tertiary/aromatic N) is 2. The summed E-state index contributed by atoms with van der Waals surface area (Å²) in [7, 11) is 0. The first kappa shape index (κ1) is 22.2. The molecule has 1 N–H and O–H groups in total. The number of hydrogen-bond acceptors (Lipinski definition) is 4. The molecule has 1 aromatic heterocycles. The highest BCUT2D eigenvalue weighted by Crippen LogP contribution is 2.29. The Balaban J connectivity index is 1.30. The molecule has 4 rings (SSSR count). The summed E-state index contributed by atoms with van der Waals surface area (Å²) in [5.41, 5.74) is 3.96. The van der Waals surface area contributed by atoms with Gasteiger partial charge in [0.1, 0.15) is 5.82 Å². The third kappa shape index (κ3) is 5.06. The monoisotopic (exact) mass is 451 g/mol. The molecular formula is C25H26FN3O2S. The topological polar surface area (TPSA) is 52.7 Å². The van der Waals surface area contributed by atoms with Crippen molar-refractivity contribution in [1.82, 2.24) is 9.80 Å². The standard InChI is InChI=1S/C25H26FN3O2S/c1-17-4-3-5-21(18(17)2)27-24(30)16-28-12-14-29(15-13-28)25(31)23-11-10-22(32-23)19-6-8-20(26)9-7-19/h3-11H,12-16H2,1-2H3,(H,27,30). The molecule has 0 saturated carbocycles. The molecule has 1 aliphatic heterocycles. The molecule has 0 aliphatic carbocycles. The van der Waals surface area contributed by atoms with Gasteiger partial charge < -0.3 is 10.2 Å². The molecule has 5 nitrogen and oxygen atoms in total. The van der Waals surface area contributed by atoms with Crippen LogP contribution >= 0.6 is 11.3 Å². The van der Waals surface area contributed by atoms with Gasteiger partial charge in [-0.05, 0) is 60.9 Å². The molecule has 166 valence electrons. The minimum Gasteiger partial charge on any atom is -0.335 e.